The Morgan fingerprint density at radius 3 is 2.92 bits per heavy atom. The lowest BCUT2D eigenvalue weighted by molar-refractivity contribution is 0.00479. The monoisotopic (exact) mass is 180 g/mol. The molecule has 3 aliphatic carbocycles. The molecular weight excluding hydrogens is 164 g/mol. The van der Waals surface area contributed by atoms with Crippen LogP contribution in [-0.2, 0) is 9.47 Å². The van der Waals surface area contributed by atoms with Crippen molar-refractivity contribution in [2.45, 2.75) is 37.6 Å². The largest absolute Gasteiger partial charge is 0.381 e. The van der Waals surface area contributed by atoms with Crippen LogP contribution in [0.2, 0.25) is 0 Å². The van der Waals surface area contributed by atoms with Gasteiger partial charge >= 0.3 is 0 Å². The molecule has 0 aromatic heterocycles. The van der Waals surface area contributed by atoms with Crippen LogP contribution < -0.4 is 0 Å². The average molecular weight is 180 g/mol. The summed E-state index contributed by atoms with van der Waals surface area (Å²) in [6.07, 6.45) is 6.01. The molecule has 7 atom stereocenters. The van der Waals surface area contributed by atoms with E-state index in [4.69, 9.17) is 9.47 Å². The van der Waals surface area contributed by atoms with Crippen molar-refractivity contribution < 1.29 is 9.47 Å². The Bertz CT molecular complexity index is 252. The molecule has 3 saturated carbocycles. The van der Waals surface area contributed by atoms with Gasteiger partial charge in [-0.1, -0.05) is 0 Å². The molecule has 0 radical (unpaired) electrons. The fourth-order valence-corrected chi connectivity index (χ4v) is 4.52. The third-order valence-corrected chi connectivity index (χ3v) is 4.99. The summed E-state index contributed by atoms with van der Waals surface area (Å²) in [5.74, 6) is 3.72. The van der Waals surface area contributed by atoms with Crippen LogP contribution in [-0.4, -0.2) is 25.4 Å². The average Bonchev–Trinajstić information content (AvgIpc) is 2.60. The first-order valence-corrected chi connectivity index (χ1v) is 5.56. The summed E-state index contributed by atoms with van der Waals surface area (Å²) >= 11 is 0. The quantitative estimate of drug-likeness (QED) is 0.570. The number of rotatable bonds is 1. The van der Waals surface area contributed by atoms with Crippen LogP contribution in [0.5, 0.6) is 0 Å². The third kappa shape index (κ3) is 0.736. The van der Waals surface area contributed by atoms with Crippen LogP contribution >= 0.6 is 0 Å². The minimum Gasteiger partial charge on any atom is -0.381 e. The second-order valence-corrected chi connectivity index (χ2v) is 5.29. The molecule has 2 bridgehead atoms. The van der Waals surface area contributed by atoms with Gasteiger partial charge in [-0.3, -0.25) is 0 Å². The lowest BCUT2D eigenvalue weighted by atomic mass is 9.79. The van der Waals surface area contributed by atoms with Gasteiger partial charge in [-0.2, -0.15) is 0 Å². The number of hydrogen-bond donors (Lipinski definition) is 0. The molecule has 4 fully saturated rings. The van der Waals surface area contributed by atoms with Crippen LogP contribution in [0.4, 0.5) is 0 Å². The molecule has 0 aromatic carbocycles. The van der Waals surface area contributed by atoms with E-state index in [9.17, 15) is 0 Å². The Labute approximate surface area is 78.6 Å². The van der Waals surface area contributed by atoms with Crippen LogP contribution in [0.1, 0.15) is 19.3 Å². The molecule has 1 saturated heterocycles. The predicted octanol–water partition coefficient (Wildman–Crippen LogP) is 1.44. The van der Waals surface area contributed by atoms with E-state index in [1.165, 1.54) is 19.3 Å². The van der Waals surface area contributed by atoms with Gasteiger partial charge in [-0.05, 0) is 42.9 Å². The highest BCUT2D eigenvalue weighted by Crippen LogP contribution is 2.64. The van der Waals surface area contributed by atoms with Crippen molar-refractivity contribution in [2.75, 3.05) is 7.11 Å². The van der Waals surface area contributed by atoms with Crippen LogP contribution in [0.15, 0.2) is 0 Å². The van der Waals surface area contributed by atoms with Gasteiger partial charge in [0, 0.05) is 7.11 Å². The molecule has 72 valence electrons. The van der Waals surface area contributed by atoms with Gasteiger partial charge in [0.2, 0.25) is 0 Å². The maximum Gasteiger partial charge on any atom is 0.0876 e. The summed E-state index contributed by atoms with van der Waals surface area (Å²) in [6.45, 7) is 0. The summed E-state index contributed by atoms with van der Waals surface area (Å²) in [4.78, 5) is 0. The zero-order valence-electron chi connectivity index (χ0n) is 7.98. The first kappa shape index (κ1) is 7.24. The Morgan fingerprint density at radius 1 is 1.15 bits per heavy atom. The summed E-state index contributed by atoms with van der Waals surface area (Å²) in [7, 11) is 1.88. The van der Waals surface area contributed by atoms with Crippen LogP contribution in [0.3, 0.4) is 0 Å². The molecule has 0 amide bonds. The molecule has 2 heteroatoms. The van der Waals surface area contributed by atoms with Crippen molar-refractivity contribution in [1.29, 1.82) is 0 Å². The van der Waals surface area contributed by atoms with E-state index in [0.717, 1.165) is 23.7 Å². The Hall–Kier alpha value is -0.0800. The van der Waals surface area contributed by atoms with E-state index in [0.29, 0.717) is 18.3 Å². The summed E-state index contributed by atoms with van der Waals surface area (Å²) in [6, 6.07) is 0. The molecule has 1 aliphatic heterocycles. The van der Waals surface area contributed by atoms with Crippen molar-refractivity contribution in [3.05, 3.63) is 0 Å². The van der Waals surface area contributed by atoms with E-state index in [-0.39, 0.29) is 0 Å². The fourth-order valence-electron chi connectivity index (χ4n) is 4.52. The number of epoxide rings is 1. The first-order chi connectivity index (χ1) is 6.38. The Kier molecular flexibility index (Phi) is 1.18. The summed E-state index contributed by atoms with van der Waals surface area (Å²) in [5, 5.41) is 0. The predicted molar refractivity (Wildman–Crippen MR) is 47.3 cm³/mol. The summed E-state index contributed by atoms with van der Waals surface area (Å²) in [5.41, 5.74) is 0. The maximum absolute atomic E-state index is 5.66. The highest BCUT2D eigenvalue weighted by molar-refractivity contribution is 5.14. The van der Waals surface area contributed by atoms with E-state index in [2.05, 4.69) is 0 Å². The van der Waals surface area contributed by atoms with Crippen molar-refractivity contribution in [3.8, 4) is 0 Å². The standard InChI is InChI=1S/C11H16O2/c1-12-8-3-5-2-7(8)10-6(5)4-9-11(10)13-9/h5-11H,2-4H2,1H3. The SMILES string of the molecule is COC1CC2CC1C1C2CC2OC21. The smallest absolute Gasteiger partial charge is 0.0876 e. The van der Waals surface area contributed by atoms with Gasteiger partial charge in [-0.25, -0.2) is 0 Å². The molecule has 0 spiro atoms. The van der Waals surface area contributed by atoms with Gasteiger partial charge in [-0.15, -0.1) is 0 Å². The zero-order chi connectivity index (χ0) is 8.58. The normalized spacial score (nSPS) is 66.7. The molecular formula is C11H16O2. The van der Waals surface area contributed by atoms with Gasteiger partial charge in [0.25, 0.3) is 0 Å². The Balaban J connectivity index is 1.67. The molecule has 1 heterocycles. The van der Waals surface area contributed by atoms with E-state index < -0.39 is 0 Å². The second kappa shape index (κ2) is 2.12. The van der Waals surface area contributed by atoms with Gasteiger partial charge in [0.15, 0.2) is 0 Å². The summed E-state index contributed by atoms with van der Waals surface area (Å²) < 4.78 is 11.2. The number of methoxy groups -OCH3 is 1. The maximum atomic E-state index is 5.66. The Morgan fingerprint density at radius 2 is 2.08 bits per heavy atom. The van der Waals surface area contributed by atoms with Crippen LogP contribution in [0.25, 0.3) is 0 Å². The fraction of sp³-hybridized carbons (Fsp3) is 1.00. The lowest BCUT2D eigenvalue weighted by Gasteiger charge is -2.31. The molecule has 4 rings (SSSR count). The van der Waals surface area contributed by atoms with Crippen molar-refractivity contribution >= 4 is 0 Å². The molecule has 0 aromatic rings. The number of hydrogen-bond acceptors (Lipinski definition) is 2. The second-order valence-electron chi connectivity index (χ2n) is 5.29. The first-order valence-electron chi connectivity index (χ1n) is 5.56. The highest BCUT2D eigenvalue weighted by atomic mass is 16.6. The number of fused-ring (bicyclic) bond motifs is 7. The minimum absolute atomic E-state index is 0.564. The highest BCUT2D eigenvalue weighted by Gasteiger charge is 2.66. The molecule has 4 aliphatic rings. The van der Waals surface area contributed by atoms with E-state index >= 15 is 0 Å². The van der Waals surface area contributed by atoms with E-state index in [1.54, 1.807) is 0 Å². The molecule has 0 N–H and O–H groups in total. The molecule has 2 nitrogen and oxygen atoms in total. The molecule has 13 heavy (non-hydrogen) atoms. The van der Waals surface area contributed by atoms with E-state index in [1.807, 2.05) is 7.11 Å². The van der Waals surface area contributed by atoms with Gasteiger partial charge in [0.1, 0.15) is 0 Å². The zero-order valence-corrected chi connectivity index (χ0v) is 7.98. The van der Waals surface area contributed by atoms with Gasteiger partial charge < -0.3 is 9.47 Å². The minimum atomic E-state index is 0.564. The van der Waals surface area contributed by atoms with Gasteiger partial charge in [0.05, 0.1) is 18.3 Å². The van der Waals surface area contributed by atoms with Crippen molar-refractivity contribution in [2.24, 2.45) is 23.7 Å². The topological polar surface area (TPSA) is 21.8 Å². The number of ether oxygens (including phenoxy) is 2. The lowest BCUT2D eigenvalue weighted by Crippen LogP contribution is -2.32. The third-order valence-electron chi connectivity index (χ3n) is 4.99. The van der Waals surface area contributed by atoms with Crippen molar-refractivity contribution in [3.63, 3.8) is 0 Å². The molecule has 7 unspecified atom stereocenters. The van der Waals surface area contributed by atoms with Crippen molar-refractivity contribution in [1.82, 2.24) is 0 Å². The van der Waals surface area contributed by atoms with Crippen LogP contribution in [0, 0.1) is 23.7 Å².